The van der Waals surface area contributed by atoms with Crippen molar-refractivity contribution >= 4 is 8.80 Å². The van der Waals surface area contributed by atoms with Gasteiger partial charge in [-0.3, -0.25) is 0 Å². The molecule has 0 spiro atoms. The van der Waals surface area contributed by atoms with Crippen LogP contribution < -0.4 is 24.8 Å². The summed E-state index contributed by atoms with van der Waals surface area (Å²) in [5.41, 5.74) is 11.5. The molecule has 2 aliphatic carbocycles. The third-order valence-electron chi connectivity index (χ3n) is 7.18. The average molecular weight is 460 g/mol. The fourth-order valence-corrected chi connectivity index (χ4v) is 10.6. The van der Waals surface area contributed by atoms with Crippen LogP contribution in [0.1, 0.15) is 54.9 Å². The monoisotopic (exact) mass is 457 g/mol. The molecule has 0 aromatic carbocycles. The Hall–Kier alpha value is 0.640. The molecule has 1 heterocycles. The first-order valence-corrected chi connectivity index (χ1v) is 12.2. The molecule has 0 N–H and O–H groups in total. The molecule has 1 saturated heterocycles. The van der Waals surface area contributed by atoms with Crippen LogP contribution in [0.2, 0.25) is 17.1 Å². The first-order chi connectivity index (χ1) is 10.2. The minimum Gasteiger partial charge on any atom is -1.00 e. The van der Waals surface area contributed by atoms with Crippen LogP contribution in [0.5, 0.6) is 0 Å². The van der Waals surface area contributed by atoms with E-state index in [1.807, 2.05) is 0 Å². The van der Waals surface area contributed by atoms with Crippen LogP contribution >= 0.6 is 0 Å². The van der Waals surface area contributed by atoms with Gasteiger partial charge in [0.15, 0.2) is 0 Å². The fourth-order valence-electron chi connectivity index (χ4n) is 4.92. The molecule has 0 radical (unpaired) electrons. The largest absolute Gasteiger partial charge is 1.00 e. The zero-order chi connectivity index (χ0) is 16.4. The summed E-state index contributed by atoms with van der Waals surface area (Å²) in [5, 5.41) is 0.459. The molecule has 1 aliphatic heterocycles. The van der Waals surface area contributed by atoms with Gasteiger partial charge in [-0.1, -0.05) is 0 Å². The molecular weight excluding hydrogens is 430 g/mol. The van der Waals surface area contributed by atoms with Crippen LogP contribution in [0.15, 0.2) is 42.3 Å². The van der Waals surface area contributed by atoms with Crippen LogP contribution in [0.25, 0.3) is 0 Å². The van der Waals surface area contributed by atoms with Gasteiger partial charge in [0.1, 0.15) is 0 Å². The Bertz CT molecular complexity index is 680. The summed E-state index contributed by atoms with van der Waals surface area (Å²) in [6.45, 7) is 16.9. The molecule has 2 unspecified atom stereocenters. The van der Waals surface area contributed by atoms with Crippen molar-refractivity contribution in [3.8, 4) is 0 Å². The second kappa shape index (κ2) is 7.71. The van der Waals surface area contributed by atoms with E-state index in [1.54, 1.807) is 79.1 Å². The number of rotatable bonds is 2. The van der Waals surface area contributed by atoms with E-state index >= 15 is 0 Å². The van der Waals surface area contributed by atoms with Crippen LogP contribution in [0, 0.1) is 5.92 Å². The van der Waals surface area contributed by atoms with E-state index in [2.05, 4.69) is 48.5 Å². The van der Waals surface area contributed by atoms with Gasteiger partial charge in [-0.15, -0.1) is 0 Å². The van der Waals surface area contributed by atoms with Gasteiger partial charge in [-0.2, -0.15) is 0 Å². The van der Waals surface area contributed by atoms with Gasteiger partial charge in [-0.05, 0) is 0 Å². The molecular formula is C20H29Cl2SiZr. The standard InChI is InChI=1S/C20H29Si.2ClH.Zr/c1-12-11-20(7,21-9-8-10-21)19(13(12)2)18-16(5)14(3)15(4)17(18)6;;;/h16,21H,8-10H2,1-7H3;2*1H;/q;;;+2/p-2. The van der Waals surface area contributed by atoms with Gasteiger partial charge in [0.2, 0.25) is 0 Å². The molecule has 4 heteroatoms. The fraction of sp³-hybridized carbons (Fsp3) is 0.600. The van der Waals surface area contributed by atoms with Crippen LogP contribution in [-0.2, 0) is 24.7 Å². The van der Waals surface area contributed by atoms with Gasteiger partial charge >= 0.3 is 154 Å². The van der Waals surface area contributed by atoms with Crippen molar-refractivity contribution < 1.29 is 49.5 Å². The van der Waals surface area contributed by atoms with Crippen molar-refractivity contribution in [2.24, 2.45) is 5.92 Å². The molecule has 0 aromatic heterocycles. The van der Waals surface area contributed by atoms with Crippen LogP contribution in [0.4, 0.5) is 0 Å². The molecule has 3 rings (SSSR count). The molecule has 131 valence electrons. The maximum atomic E-state index is 2.62. The summed E-state index contributed by atoms with van der Waals surface area (Å²) in [5.74, 6) is 0.618. The van der Waals surface area contributed by atoms with E-state index in [1.165, 1.54) is 6.42 Å². The van der Waals surface area contributed by atoms with E-state index in [0.29, 0.717) is 11.0 Å². The Kier molecular flexibility index (Phi) is 7.29. The Morgan fingerprint density at radius 1 is 0.917 bits per heavy atom. The summed E-state index contributed by atoms with van der Waals surface area (Å²) < 4.78 is 1.79. The normalized spacial score (nSPS) is 30.8. The molecule has 0 aromatic rings. The number of halogens is 2. The SMILES string of the molecule is CC1=C(C)C(C)C(C2=C(C)C(C)=[C]([Zr+2])C2(C)[SiH]2CCC2)=C1C.[Cl-].[Cl-]. The van der Waals surface area contributed by atoms with Gasteiger partial charge in [0.05, 0.1) is 0 Å². The Labute approximate surface area is 177 Å². The van der Waals surface area contributed by atoms with Crippen molar-refractivity contribution in [2.75, 3.05) is 0 Å². The van der Waals surface area contributed by atoms with Gasteiger partial charge in [0.25, 0.3) is 0 Å². The minimum atomic E-state index is -0.658. The third kappa shape index (κ3) is 2.88. The van der Waals surface area contributed by atoms with Crippen molar-refractivity contribution in [2.45, 2.75) is 72.0 Å². The summed E-state index contributed by atoms with van der Waals surface area (Å²) in [4.78, 5) is 0. The van der Waals surface area contributed by atoms with Gasteiger partial charge < -0.3 is 24.8 Å². The predicted octanol–water partition coefficient (Wildman–Crippen LogP) is -0.161. The zero-order valence-electron chi connectivity index (χ0n) is 16.0. The topological polar surface area (TPSA) is 0 Å². The van der Waals surface area contributed by atoms with E-state index in [0.717, 1.165) is 0 Å². The molecule has 0 amide bonds. The van der Waals surface area contributed by atoms with Gasteiger partial charge in [-0.25, -0.2) is 0 Å². The van der Waals surface area contributed by atoms with Crippen molar-refractivity contribution in [1.29, 1.82) is 0 Å². The van der Waals surface area contributed by atoms with Crippen molar-refractivity contribution in [3.05, 3.63) is 42.3 Å². The first-order valence-electron chi connectivity index (χ1n) is 8.76. The third-order valence-corrected chi connectivity index (χ3v) is 14.5. The van der Waals surface area contributed by atoms with E-state index < -0.39 is 8.80 Å². The molecule has 3 aliphatic rings. The Balaban J connectivity index is 0.00000144. The second-order valence-corrected chi connectivity index (χ2v) is 12.8. The molecule has 0 saturated carbocycles. The molecule has 0 nitrogen and oxygen atoms in total. The van der Waals surface area contributed by atoms with Gasteiger partial charge in [0, 0.05) is 0 Å². The smallest absolute Gasteiger partial charge is 1.00 e. The number of hydrogen-bond acceptors (Lipinski definition) is 0. The van der Waals surface area contributed by atoms with E-state index in [9.17, 15) is 0 Å². The average Bonchev–Trinajstić information content (AvgIpc) is 2.70. The molecule has 24 heavy (non-hydrogen) atoms. The predicted molar refractivity (Wildman–Crippen MR) is 95.4 cm³/mol. The summed E-state index contributed by atoms with van der Waals surface area (Å²) in [7, 11) is -0.658. The van der Waals surface area contributed by atoms with Crippen LogP contribution in [-0.4, -0.2) is 8.80 Å². The quantitative estimate of drug-likeness (QED) is 0.504. The summed E-state index contributed by atoms with van der Waals surface area (Å²) in [6.07, 6.45) is 1.49. The van der Waals surface area contributed by atoms with E-state index in [-0.39, 0.29) is 24.8 Å². The van der Waals surface area contributed by atoms with Crippen molar-refractivity contribution in [3.63, 3.8) is 0 Å². The van der Waals surface area contributed by atoms with E-state index in [4.69, 9.17) is 0 Å². The molecule has 1 fully saturated rings. The number of allylic oxidation sites excluding steroid dienone is 8. The Morgan fingerprint density at radius 3 is 1.83 bits per heavy atom. The summed E-state index contributed by atoms with van der Waals surface area (Å²) in [6, 6.07) is 3.12. The number of hydrogen-bond donors (Lipinski definition) is 0. The zero-order valence-corrected chi connectivity index (χ0v) is 21.2. The van der Waals surface area contributed by atoms with Crippen molar-refractivity contribution in [1.82, 2.24) is 0 Å². The molecule has 0 bridgehead atoms. The maximum Gasteiger partial charge on any atom is -1.00 e. The second-order valence-electron chi connectivity index (χ2n) is 7.90. The first kappa shape index (κ1) is 22.7. The maximum absolute atomic E-state index is 2.62. The Morgan fingerprint density at radius 2 is 1.46 bits per heavy atom. The summed E-state index contributed by atoms with van der Waals surface area (Å²) >= 11 is 1.66. The van der Waals surface area contributed by atoms with Crippen LogP contribution in [0.3, 0.4) is 0 Å². The minimum absolute atomic E-state index is 0. The molecule has 2 atom stereocenters.